The van der Waals surface area contributed by atoms with Crippen LogP contribution in [0.4, 0.5) is 4.39 Å². The zero-order chi connectivity index (χ0) is 18.4. The van der Waals surface area contributed by atoms with Gasteiger partial charge in [-0.2, -0.15) is 0 Å². The van der Waals surface area contributed by atoms with Gasteiger partial charge >= 0.3 is 0 Å². The number of aliphatic imine (C=N–C) groups is 1. The van der Waals surface area contributed by atoms with Crippen molar-refractivity contribution in [1.29, 1.82) is 0 Å². The van der Waals surface area contributed by atoms with Gasteiger partial charge in [0.25, 0.3) is 0 Å². The molecule has 0 amide bonds. The van der Waals surface area contributed by atoms with E-state index in [2.05, 4.69) is 29.8 Å². The molecule has 1 aliphatic rings. The van der Waals surface area contributed by atoms with Crippen molar-refractivity contribution in [3.63, 3.8) is 0 Å². The van der Waals surface area contributed by atoms with Crippen LogP contribution in [-0.2, 0) is 6.54 Å². The number of rotatable bonds is 7. The minimum absolute atomic E-state index is 0.00286. The summed E-state index contributed by atoms with van der Waals surface area (Å²) in [7, 11) is 3.91. The predicted octanol–water partition coefficient (Wildman–Crippen LogP) is 3.40. The standard InChI is InChI=1S/C16H20Cl2FN4OP/c1-16(19,25)9-24-15-12(17)5-10(7-23-15)6-21-8-11-13(20-2)3-4-22-14(11)18/h3-5,7-8,13,20-21H,6,9,25H2,1-2H3/b11-8+. The first kappa shape index (κ1) is 20.1. The molecule has 3 unspecified atom stereocenters. The number of hydrogen-bond acceptors (Lipinski definition) is 5. The monoisotopic (exact) mass is 404 g/mol. The number of aromatic nitrogens is 1. The summed E-state index contributed by atoms with van der Waals surface area (Å²) in [6, 6.07) is 1.72. The minimum atomic E-state index is -1.53. The molecule has 3 atom stereocenters. The quantitative estimate of drug-likeness (QED) is 0.683. The fraction of sp³-hybridized carbons (Fsp3) is 0.375. The molecule has 0 aliphatic carbocycles. The lowest BCUT2D eigenvalue weighted by Crippen LogP contribution is -2.30. The van der Waals surface area contributed by atoms with Crippen LogP contribution < -0.4 is 15.4 Å². The minimum Gasteiger partial charge on any atom is -0.473 e. The Bertz CT molecular complexity index is 704. The van der Waals surface area contributed by atoms with Gasteiger partial charge in [-0.05, 0) is 31.7 Å². The third-order valence-corrected chi connectivity index (χ3v) is 4.02. The van der Waals surface area contributed by atoms with Gasteiger partial charge in [0.15, 0.2) is 5.41 Å². The van der Waals surface area contributed by atoms with Crippen molar-refractivity contribution in [2.24, 2.45) is 4.99 Å². The second kappa shape index (κ2) is 8.95. The summed E-state index contributed by atoms with van der Waals surface area (Å²) in [5.41, 5.74) is 1.69. The lowest BCUT2D eigenvalue weighted by atomic mass is 10.1. The number of halogens is 3. The summed E-state index contributed by atoms with van der Waals surface area (Å²) < 4.78 is 18.7. The Morgan fingerprint density at radius 1 is 1.48 bits per heavy atom. The number of alkyl halides is 1. The molecule has 0 saturated heterocycles. The summed E-state index contributed by atoms with van der Waals surface area (Å²) >= 11 is 12.3. The molecule has 1 aromatic rings. The van der Waals surface area contributed by atoms with Crippen LogP contribution in [0.5, 0.6) is 5.88 Å². The van der Waals surface area contributed by atoms with Crippen LogP contribution in [-0.4, -0.2) is 35.3 Å². The van der Waals surface area contributed by atoms with Gasteiger partial charge in [0, 0.05) is 30.7 Å². The molecule has 25 heavy (non-hydrogen) atoms. The molecule has 0 saturated carbocycles. The van der Waals surface area contributed by atoms with Crippen molar-refractivity contribution in [1.82, 2.24) is 15.6 Å². The Hall–Kier alpha value is -1.20. The van der Waals surface area contributed by atoms with E-state index < -0.39 is 5.41 Å². The number of nitrogens with one attached hydrogen (secondary N) is 2. The van der Waals surface area contributed by atoms with Crippen molar-refractivity contribution in [3.05, 3.63) is 46.9 Å². The smallest absolute Gasteiger partial charge is 0.232 e. The summed E-state index contributed by atoms with van der Waals surface area (Å²) in [5, 5.41) is 5.53. The van der Waals surface area contributed by atoms with Gasteiger partial charge in [0.05, 0.1) is 6.04 Å². The molecular weight excluding hydrogens is 385 g/mol. The first-order valence-corrected chi connectivity index (χ1v) is 8.89. The van der Waals surface area contributed by atoms with E-state index in [9.17, 15) is 4.39 Å². The van der Waals surface area contributed by atoms with Gasteiger partial charge in [-0.1, -0.05) is 32.4 Å². The van der Waals surface area contributed by atoms with E-state index in [-0.39, 0.29) is 18.5 Å². The van der Waals surface area contributed by atoms with Gasteiger partial charge < -0.3 is 15.4 Å². The molecule has 0 spiro atoms. The second-order valence-corrected chi connectivity index (χ2v) is 7.67. The van der Waals surface area contributed by atoms with E-state index in [0.29, 0.717) is 16.7 Å². The van der Waals surface area contributed by atoms with Gasteiger partial charge in [-0.25, -0.2) is 14.4 Å². The Kier molecular flexibility index (Phi) is 7.20. The van der Waals surface area contributed by atoms with E-state index in [1.54, 1.807) is 24.7 Å². The van der Waals surface area contributed by atoms with Crippen LogP contribution in [0.3, 0.4) is 0 Å². The van der Waals surface area contributed by atoms with Gasteiger partial charge in [-0.15, -0.1) is 0 Å². The van der Waals surface area contributed by atoms with E-state index in [0.717, 1.165) is 11.1 Å². The lowest BCUT2D eigenvalue weighted by Gasteiger charge is -2.18. The van der Waals surface area contributed by atoms with Gasteiger partial charge in [0.1, 0.15) is 16.8 Å². The Balaban J connectivity index is 1.97. The molecule has 1 aromatic heterocycles. The number of ether oxygens (including phenoxy) is 1. The molecule has 0 fully saturated rings. The number of nitrogens with zero attached hydrogens (tertiary/aromatic N) is 2. The lowest BCUT2D eigenvalue weighted by molar-refractivity contribution is 0.177. The summed E-state index contributed by atoms with van der Waals surface area (Å²) in [4.78, 5) is 8.20. The van der Waals surface area contributed by atoms with Crippen LogP contribution in [0.15, 0.2) is 41.3 Å². The Labute approximate surface area is 158 Å². The predicted molar refractivity (Wildman–Crippen MR) is 104 cm³/mol. The van der Waals surface area contributed by atoms with Crippen molar-refractivity contribution in [3.8, 4) is 5.88 Å². The fourth-order valence-electron chi connectivity index (χ4n) is 2.06. The van der Waals surface area contributed by atoms with Crippen LogP contribution >= 0.6 is 32.4 Å². The fourth-order valence-corrected chi connectivity index (χ4v) is 2.61. The van der Waals surface area contributed by atoms with Gasteiger partial charge in [-0.3, -0.25) is 0 Å². The highest BCUT2D eigenvalue weighted by atomic mass is 35.5. The summed E-state index contributed by atoms with van der Waals surface area (Å²) in [6.45, 7) is 1.74. The average molecular weight is 405 g/mol. The topological polar surface area (TPSA) is 58.5 Å². The average Bonchev–Trinajstić information content (AvgIpc) is 2.54. The van der Waals surface area contributed by atoms with Crippen LogP contribution in [0, 0.1) is 0 Å². The molecule has 2 rings (SSSR count). The highest BCUT2D eigenvalue weighted by Crippen LogP contribution is 2.26. The first-order valence-electron chi connectivity index (χ1n) is 7.56. The molecule has 9 heteroatoms. The van der Waals surface area contributed by atoms with E-state index in [4.69, 9.17) is 27.9 Å². The third-order valence-electron chi connectivity index (χ3n) is 3.27. The number of hydrogen-bond donors (Lipinski definition) is 2. The molecule has 1 aliphatic heterocycles. The third kappa shape index (κ3) is 6.23. The van der Waals surface area contributed by atoms with Crippen molar-refractivity contribution in [2.75, 3.05) is 13.7 Å². The highest BCUT2D eigenvalue weighted by Gasteiger charge is 2.18. The number of pyridine rings is 1. The summed E-state index contributed by atoms with van der Waals surface area (Å²) in [6.07, 6.45) is 7.00. The van der Waals surface area contributed by atoms with Crippen LogP contribution in [0.2, 0.25) is 5.02 Å². The molecule has 136 valence electrons. The van der Waals surface area contributed by atoms with Crippen molar-refractivity contribution >= 4 is 37.6 Å². The maximum Gasteiger partial charge on any atom is 0.232 e. The van der Waals surface area contributed by atoms with E-state index in [1.807, 2.05) is 13.1 Å². The molecule has 5 nitrogen and oxygen atoms in total. The maximum atomic E-state index is 13.4. The van der Waals surface area contributed by atoms with Gasteiger partial charge in [0.2, 0.25) is 5.88 Å². The molecule has 2 N–H and O–H groups in total. The molecule has 0 bridgehead atoms. The molecule has 0 radical (unpaired) electrons. The first-order chi connectivity index (χ1) is 11.8. The molecular formula is C16H20Cl2FN4OP. The van der Waals surface area contributed by atoms with Crippen molar-refractivity contribution in [2.45, 2.75) is 24.9 Å². The summed E-state index contributed by atoms with van der Waals surface area (Å²) in [5.74, 6) is 0.206. The second-order valence-electron chi connectivity index (χ2n) is 5.71. The normalized spacial score (nSPS) is 21.0. The zero-order valence-electron chi connectivity index (χ0n) is 13.9. The number of likely N-dealkylation sites (N-methyl/N-ethyl adjacent to an activating group) is 1. The Morgan fingerprint density at radius 3 is 2.88 bits per heavy atom. The van der Waals surface area contributed by atoms with E-state index in [1.165, 1.54) is 6.92 Å². The largest absolute Gasteiger partial charge is 0.473 e. The Morgan fingerprint density at radius 2 is 2.24 bits per heavy atom. The highest BCUT2D eigenvalue weighted by molar-refractivity contribution is 7.18. The van der Waals surface area contributed by atoms with Crippen molar-refractivity contribution < 1.29 is 9.13 Å². The molecule has 2 heterocycles. The maximum absolute atomic E-state index is 13.4. The molecule has 0 aromatic carbocycles. The van der Waals surface area contributed by atoms with Crippen LogP contribution in [0.25, 0.3) is 0 Å². The SMILES string of the molecule is CNC1C=CN=C(Cl)/C1=C/NCc1cnc(OCC(C)(F)P)c(Cl)c1. The zero-order valence-corrected chi connectivity index (χ0v) is 16.6. The van der Waals surface area contributed by atoms with E-state index >= 15 is 0 Å². The van der Waals surface area contributed by atoms with Crippen LogP contribution in [0.1, 0.15) is 12.5 Å².